The maximum absolute atomic E-state index is 11.4. The summed E-state index contributed by atoms with van der Waals surface area (Å²) in [6.07, 6.45) is 5.16. The van der Waals surface area contributed by atoms with Crippen molar-refractivity contribution in [2.24, 2.45) is 0 Å². The topological polar surface area (TPSA) is 40.5 Å². The molecular weight excluding hydrogens is 250 g/mol. The fraction of sp³-hybridized carbons (Fsp3) is 0.588. The van der Waals surface area contributed by atoms with Gasteiger partial charge in [-0.25, -0.2) is 0 Å². The summed E-state index contributed by atoms with van der Waals surface area (Å²) >= 11 is 0. The highest BCUT2D eigenvalue weighted by Gasteiger charge is 2.31. The highest BCUT2D eigenvalue weighted by Crippen LogP contribution is 2.28. The molecule has 1 aromatic carbocycles. The highest BCUT2D eigenvalue weighted by atomic mass is 16.4. The van der Waals surface area contributed by atoms with Gasteiger partial charge in [-0.05, 0) is 43.9 Å². The molecule has 1 fully saturated rings. The third-order valence-electron chi connectivity index (χ3n) is 4.33. The van der Waals surface area contributed by atoms with Gasteiger partial charge < -0.3 is 5.11 Å². The quantitative estimate of drug-likeness (QED) is 0.892. The van der Waals surface area contributed by atoms with Crippen molar-refractivity contribution in [1.82, 2.24) is 4.90 Å². The van der Waals surface area contributed by atoms with E-state index in [4.69, 9.17) is 0 Å². The Morgan fingerprint density at radius 1 is 1.35 bits per heavy atom. The lowest BCUT2D eigenvalue weighted by Crippen LogP contribution is -2.45. The Morgan fingerprint density at radius 2 is 2.05 bits per heavy atom. The standard InChI is InChI=1S/C17H25NO2/c1-3-6-14-8-10-15(11-9-14)13(2)18-12-5-4-7-16(18)17(19)20/h8-11,13,16H,3-7,12H2,1-2H3,(H,19,20). The van der Waals surface area contributed by atoms with Crippen molar-refractivity contribution in [3.63, 3.8) is 0 Å². The summed E-state index contributed by atoms with van der Waals surface area (Å²) in [6, 6.07) is 8.51. The Bertz CT molecular complexity index is 441. The van der Waals surface area contributed by atoms with E-state index in [2.05, 4.69) is 43.0 Å². The molecule has 3 nitrogen and oxygen atoms in total. The molecule has 1 saturated heterocycles. The first-order chi connectivity index (χ1) is 9.63. The van der Waals surface area contributed by atoms with Crippen LogP contribution in [0.25, 0.3) is 0 Å². The van der Waals surface area contributed by atoms with Crippen LogP contribution in [0.15, 0.2) is 24.3 Å². The Balaban J connectivity index is 2.12. The molecule has 2 atom stereocenters. The second kappa shape index (κ2) is 6.89. The van der Waals surface area contributed by atoms with E-state index >= 15 is 0 Å². The van der Waals surface area contributed by atoms with Crippen LogP contribution in [0.3, 0.4) is 0 Å². The Labute approximate surface area is 121 Å². The fourth-order valence-corrected chi connectivity index (χ4v) is 3.13. The van der Waals surface area contributed by atoms with Gasteiger partial charge in [0.1, 0.15) is 6.04 Å². The van der Waals surface area contributed by atoms with Crippen LogP contribution in [0.2, 0.25) is 0 Å². The Kier molecular flexibility index (Phi) is 5.18. The number of hydrogen-bond donors (Lipinski definition) is 1. The van der Waals surface area contributed by atoms with Crippen LogP contribution in [0, 0.1) is 0 Å². The molecule has 20 heavy (non-hydrogen) atoms. The van der Waals surface area contributed by atoms with E-state index in [1.54, 1.807) is 0 Å². The van der Waals surface area contributed by atoms with Gasteiger partial charge in [0.05, 0.1) is 0 Å². The molecule has 0 saturated carbocycles. The van der Waals surface area contributed by atoms with Crippen LogP contribution in [0.5, 0.6) is 0 Å². The average molecular weight is 275 g/mol. The molecule has 1 aromatic rings. The number of aryl methyl sites for hydroxylation is 1. The minimum Gasteiger partial charge on any atom is -0.480 e. The monoisotopic (exact) mass is 275 g/mol. The van der Waals surface area contributed by atoms with Gasteiger partial charge in [-0.3, -0.25) is 9.69 Å². The maximum atomic E-state index is 11.4. The van der Waals surface area contributed by atoms with Gasteiger partial charge in [0.15, 0.2) is 0 Å². The number of carboxylic acid groups (broad SMARTS) is 1. The third-order valence-corrected chi connectivity index (χ3v) is 4.33. The molecule has 0 bridgehead atoms. The van der Waals surface area contributed by atoms with Crippen molar-refractivity contribution in [1.29, 1.82) is 0 Å². The van der Waals surface area contributed by atoms with Crippen LogP contribution in [-0.4, -0.2) is 28.6 Å². The van der Waals surface area contributed by atoms with Crippen molar-refractivity contribution in [3.05, 3.63) is 35.4 Å². The summed E-state index contributed by atoms with van der Waals surface area (Å²) in [4.78, 5) is 13.5. The number of aliphatic carboxylic acids is 1. The van der Waals surface area contributed by atoms with Gasteiger partial charge in [-0.15, -0.1) is 0 Å². The maximum Gasteiger partial charge on any atom is 0.320 e. The number of carboxylic acids is 1. The van der Waals surface area contributed by atoms with Gasteiger partial charge in [0, 0.05) is 6.04 Å². The van der Waals surface area contributed by atoms with Crippen molar-refractivity contribution in [2.75, 3.05) is 6.54 Å². The number of carbonyl (C=O) groups is 1. The van der Waals surface area contributed by atoms with Crippen molar-refractivity contribution in [2.45, 2.75) is 58.0 Å². The number of benzene rings is 1. The molecule has 0 aromatic heterocycles. The smallest absolute Gasteiger partial charge is 0.320 e. The molecule has 1 N–H and O–H groups in total. The second-order valence-electron chi connectivity index (χ2n) is 5.76. The highest BCUT2D eigenvalue weighted by molar-refractivity contribution is 5.73. The lowest BCUT2D eigenvalue weighted by atomic mass is 9.96. The number of rotatable bonds is 5. The zero-order valence-corrected chi connectivity index (χ0v) is 12.5. The van der Waals surface area contributed by atoms with Crippen LogP contribution >= 0.6 is 0 Å². The van der Waals surface area contributed by atoms with Crippen LogP contribution in [0.4, 0.5) is 0 Å². The number of piperidine rings is 1. The predicted octanol–water partition coefficient (Wildman–Crippen LogP) is 3.64. The minimum absolute atomic E-state index is 0.173. The average Bonchev–Trinajstić information content (AvgIpc) is 2.47. The molecule has 3 heteroatoms. The van der Waals surface area contributed by atoms with E-state index < -0.39 is 5.97 Å². The molecule has 0 amide bonds. The summed E-state index contributed by atoms with van der Waals surface area (Å²) in [7, 11) is 0. The van der Waals surface area contributed by atoms with Crippen LogP contribution in [0.1, 0.15) is 56.7 Å². The Morgan fingerprint density at radius 3 is 2.65 bits per heavy atom. The summed E-state index contributed by atoms with van der Waals surface area (Å²) in [5.74, 6) is -0.681. The lowest BCUT2D eigenvalue weighted by Gasteiger charge is -2.37. The third kappa shape index (κ3) is 3.40. The zero-order chi connectivity index (χ0) is 14.5. The zero-order valence-electron chi connectivity index (χ0n) is 12.5. The molecule has 0 aliphatic carbocycles. The van der Waals surface area contributed by atoms with Gasteiger partial charge >= 0.3 is 5.97 Å². The molecular formula is C17H25NO2. The van der Waals surface area contributed by atoms with E-state index in [1.165, 1.54) is 11.1 Å². The molecule has 2 unspecified atom stereocenters. The van der Waals surface area contributed by atoms with Crippen molar-refractivity contribution in [3.8, 4) is 0 Å². The summed E-state index contributed by atoms with van der Waals surface area (Å²) in [5, 5.41) is 9.38. The molecule has 1 aliphatic rings. The first-order valence-electron chi connectivity index (χ1n) is 7.71. The van der Waals surface area contributed by atoms with Gasteiger partial charge in [-0.1, -0.05) is 44.0 Å². The van der Waals surface area contributed by atoms with Crippen molar-refractivity contribution < 1.29 is 9.90 Å². The molecule has 2 rings (SSSR count). The summed E-state index contributed by atoms with van der Waals surface area (Å²) in [6.45, 7) is 5.19. The molecule has 1 aliphatic heterocycles. The first-order valence-corrected chi connectivity index (χ1v) is 7.71. The molecule has 0 spiro atoms. The van der Waals surface area contributed by atoms with E-state index in [-0.39, 0.29) is 12.1 Å². The molecule has 110 valence electrons. The summed E-state index contributed by atoms with van der Waals surface area (Å²) < 4.78 is 0. The van der Waals surface area contributed by atoms with E-state index in [0.29, 0.717) is 0 Å². The SMILES string of the molecule is CCCc1ccc(C(C)N2CCCCC2C(=O)O)cc1. The number of likely N-dealkylation sites (tertiary alicyclic amines) is 1. The summed E-state index contributed by atoms with van der Waals surface area (Å²) in [5.41, 5.74) is 2.58. The van der Waals surface area contributed by atoms with Crippen LogP contribution in [-0.2, 0) is 11.2 Å². The van der Waals surface area contributed by atoms with E-state index in [9.17, 15) is 9.90 Å². The molecule has 0 radical (unpaired) electrons. The largest absolute Gasteiger partial charge is 0.480 e. The van der Waals surface area contributed by atoms with Crippen molar-refractivity contribution >= 4 is 5.97 Å². The molecule has 1 heterocycles. The minimum atomic E-state index is -0.681. The van der Waals surface area contributed by atoms with Gasteiger partial charge in [-0.2, -0.15) is 0 Å². The number of nitrogens with zero attached hydrogens (tertiary/aromatic N) is 1. The number of hydrogen-bond acceptors (Lipinski definition) is 2. The lowest BCUT2D eigenvalue weighted by molar-refractivity contribution is -0.145. The normalized spacial score (nSPS) is 21.6. The van der Waals surface area contributed by atoms with E-state index in [1.807, 2.05) is 0 Å². The second-order valence-corrected chi connectivity index (χ2v) is 5.76. The van der Waals surface area contributed by atoms with Crippen LogP contribution < -0.4 is 0 Å². The van der Waals surface area contributed by atoms with Gasteiger partial charge in [0.2, 0.25) is 0 Å². The Hall–Kier alpha value is -1.35. The van der Waals surface area contributed by atoms with Gasteiger partial charge in [0.25, 0.3) is 0 Å². The predicted molar refractivity (Wildman–Crippen MR) is 80.8 cm³/mol. The van der Waals surface area contributed by atoms with E-state index in [0.717, 1.165) is 38.6 Å². The first kappa shape index (κ1) is 15.0. The fourth-order valence-electron chi connectivity index (χ4n) is 3.13.